The standard InChI is InChI=1S/C22H17BrN2O3S/c1-13-18(21(27)28-2)19(15-8-10-16(23)11-9-15)25-20(26)17(29-22(25)24-13)12-14-6-4-3-5-7-14/h3-12,19H,1-2H3/b17-12+. The number of carbonyl (C=O) groups is 1. The first-order valence-corrected chi connectivity index (χ1v) is 10.5. The Labute approximate surface area is 179 Å². The predicted octanol–water partition coefficient (Wildman–Crippen LogP) is 3.17. The summed E-state index contributed by atoms with van der Waals surface area (Å²) in [6, 6.07) is 16.6. The van der Waals surface area contributed by atoms with Crippen LogP contribution < -0.4 is 14.9 Å². The second-order valence-electron chi connectivity index (χ2n) is 6.54. The molecule has 146 valence electrons. The van der Waals surface area contributed by atoms with Crippen LogP contribution in [0.15, 0.2) is 80.1 Å². The van der Waals surface area contributed by atoms with Crippen LogP contribution in [0.4, 0.5) is 0 Å². The third-order valence-corrected chi connectivity index (χ3v) is 6.22. The number of hydrogen-bond acceptors (Lipinski definition) is 5. The van der Waals surface area contributed by atoms with E-state index in [0.717, 1.165) is 15.6 Å². The van der Waals surface area contributed by atoms with Crippen molar-refractivity contribution >= 4 is 39.3 Å². The maximum Gasteiger partial charge on any atom is 0.338 e. The van der Waals surface area contributed by atoms with E-state index >= 15 is 0 Å². The number of aromatic nitrogens is 1. The van der Waals surface area contributed by atoms with Gasteiger partial charge in [-0.2, -0.15) is 0 Å². The normalized spacial score (nSPS) is 16.4. The van der Waals surface area contributed by atoms with Crippen molar-refractivity contribution in [2.24, 2.45) is 4.99 Å². The number of nitrogens with zero attached hydrogens (tertiary/aromatic N) is 2. The number of allylic oxidation sites excluding steroid dienone is 1. The summed E-state index contributed by atoms with van der Waals surface area (Å²) in [7, 11) is 1.34. The van der Waals surface area contributed by atoms with Crippen molar-refractivity contribution < 1.29 is 9.53 Å². The Hall–Kier alpha value is -2.77. The molecule has 5 nitrogen and oxygen atoms in total. The maximum atomic E-state index is 13.3. The van der Waals surface area contributed by atoms with Gasteiger partial charge in [0.1, 0.15) is 0 Å². The van der Waals surface area contributed by atoms with Crippen LogP contribution in [0.5, 0.6) is 0 Å². The van der Waals surface area contributed by atoms with E-state index in [1.54, 1.807) is 11.5 Å². The fraction of sp³-hybridized carbons (Fsp3) is 0.136. The molecule has 0 saturated carbocycles. The minimum atomic E-state index is -0.593. The molecule has 0 amide bonds. The van der Waals surface area contributed by atoms with Gasteiger partial charge in [-0.05, 0) is 36.3 Å². The molecule has 1 atom stereocenters. The first kappa shape index (κ1) is 19.5. The summed E-state index contributed by atoms with van der Waals surface area (Å²) in [5.41, 5.74) is 2.49. The molecule has 3 aromatic rings. The van der Waals surface area contributed by atoms with Gasteiger partial charge in [-0.25, -0.2) is 9.79 Å². The number of methoxy groups -OCH3 is 1. The molecule has 1 aliphatic rings. The average molecular weight is 469 g/mol. The maximum absolute atomic E-state index is 13.3. The molecule has 1 aromatic heterocycles. The molecule has 0 spiro atoms. The van der Waals surface area contributed by atoms with Crippen LogP contribution in [0, 0.1) is 0 Å². The minimum Gasteiger partial charge on any atom is -0.466 e. The van der Waals surface area contributed by atoms with Crippen molar-refractivity contribution in [2.45, 2.75) is 13.0 Å². The molecule has 1 aliphatic heterocycles. The van der Waals surface area contributed by atoms with Crippen LogP contribution in [-0.4, -0.2) is 17.6 Å². The second kappa shape index (κ2) is 7.93. The van der Waals surface area contributed by atoms with Crippen molar-refractivity contribution in [3.63, 3.8) is 0 Å². The molecule has 4 rings (SSSR count). The Morgan fingerprint density at radius 1 is 1.17 bits per heavy atom. The van der Waals surface area contributed by atoms with E-state index in [0.29, 0.717) is 20.6 Å². The fourth-order valence-electron chi connectivity index (χ4n) is 3.35. The largest absolute Gasteiger partial charge is 0.466 e. The number of fused-ring (bicyclic) bond motifs is 1. The molecule has 1 unspecified atom stereocenters. The van der Waals surface area contributed by atoms with Gasteiger partial charge in [0.25, 0.3) is 5.56 Å². The van der Waals surface area contributed by atoms with Crippen LogP contribution in [0.25, 0.3) is 6.08 Å². The van der Waals surface area contributed by atoms with Crippen LogP contribution in [0.2, 0.25) is 0 Å². The van der Waals surface area contributed by atoms with Crippen molar-refractivity contribution in [3.05, 3.63) is 101 Å². The van der Waals surface area contributed by atoms with Crippen LogP contribution in [0.1, 0.15) is 24.1 Å². The van der Waals surface area contributed by atoms with E-state index in [9.17, 15) is 9.59 Å². The zero-order chi connectivity index (χ0) is 20.5. The van der Waals surface area contributed by atoms with Crippen LogP contribution in [0.3, 0.4) is 0 Å². The molecular weight excluding hydrogens is 452 g/mol. The smallest absolute Gasteiger partial charge is 0.338 e. The van der Waals surface area contributed by atoms with Gasteiger partial charge in [0.15, 0.2) is 4.80 Å². The first-order chi connectivity index (χ1) is 14.0. The summed E-state index contributed by atoms with van der Waals surface area (Å²) < 4.78 is 8.07. The van der Waals surface area contributed by atoms with Crippen molar-refractivity contribution in [1.82, 2.24) is 4.57 Å². The number of ether oxygens (including phenoxy) is 1. The Kier molecular flexibility index (Phi) is 5.34. The lowest BCUT2D eigenvalue weighted by atomic mass is 9.96. The van der Waals surface area contributed by atoms with Crippen LogP contribution in [-0.2, 0) is 9.53 Å². The third-order valence-electron chi connectivity index (χ3n) is 4.71. The molecule has 7 heteroatoms. The van der Waals surface area contributed by atoms with Crippen molar-refractivity contribution in [1.29, 1.82) is 0 Å². The molecule has 2 heterocycles. The van der Waals surface area contributed by atoms with Crippen molar-refractivity contribution in [2.75, 3.05) is 7.11 Å². The second-order valence-corrected chi connectivity index (χ2v) is 8.46. The van der Waals surface area contributed by atoms with E-state index in [2.05, 4.69) is 20.9 Å². The Bertz CT molecular complexity index is 1290. The number of halogens is 1. The lowest BCUT2D eigenvalue weighted by Gasteiger charge is -2.24. The van der Waals surface area contributed by atoms with Gasteiger partial charge in [-0.3, -0.25) is 9.36 Å². The number of hydrogen-bond donors (Lipinski definition) is 0. The highest BCUT2D eigenvalue weighted by Gasteiger charge is 2.32. The molecule has 0 aliphatic carbocycles. The molecule has 0 fully saturated rings. The molecule has 2 aromatic carbocycles. The SMILES string of the molecule is COC(=O)C1=C(C)N=c2s/c(=C/c3ccccc3)c(=O)n2C1c1ccc(Br)cc1. The summed E-state index contributed by atoms with van der Waals surface area (Å²) >= 11 is 4.75. The molecule has 0 bridgehead atoms. The monoisotopic (exact) mass is 468 g/mol. The number of thiazole rings is 1. The lowest BCUT2D eigenvalue weighted by Crippen LogP contribution is -2.39. The molecule has 0 saturated heterocycles. The summed E-state index contributed by atoms with van der Waals surface area (Å²) in [6.07, 6.45) is 1.85. The van der Waals surface area contributed by atoms with Gasteiger partial charge in [-0.1, -0.05) is 69.7 Å². The quantitative estimate of drug-likeness (QED) is 0.554. The van der Waals surface area contributed by atoms with E-state index < -0.39 is 12.0 Å². The molecule has 29 heavy (non-hydrogen) atoms. The van der Waals surface area contributed by atoms with Crippen LogP contribution >= 0.6 is 27.3 Å². The summed E-state index contributed by atoms with van der Waals surface area (Å²) in [4.78, 5) is 31.0. The van der Waals surface area contributed by atoms with E-state index in [1.807, 2.05) is 60.7 Å². The zero-order valence-corrected chi connectivity index (χ0v) is 18.2. The van der Waals surface area contributed by atoms with E-state index in [4.69, 9.17) is 4.74 Å². The topological polar surface area (TPSA) is 60.7 Å². The third kappa shape index (κ3) is 3.63. The highest BCUT2D eigenvalue weighted by Crippen LogP contribution is 2.31. The number of esters is 1. The Morgan fingerprint density at radius 2 is 1.86 bits per heavy atom. The number of benzene rings is 2. The first-order valence-electron chi connectivity index (χ1n) is 8.91. The minimum absolute atomic E-state index is 0.181. The highest BCUT2D eigenvalue weighted by atomic mass is 79.9. The van der Waals surface area contributed by atoms with E-state index in [-0.39, 0.29) is 5.56 Å². The summed E-state index contributed by atoms with van der Waals surface area (Å²) in [5.74, 6) is -0.489. The lowest BCUT2D eigenvalue weighted by molar-refractivity contribution is -0.136. The van der Waals surface area contributed by atoms with Gasteiger partial charge in [-0.15, -0.1) is 0 Å². The number of rotatable bonds is 3. The fourth-order valence-corrected chi connectivity index (χ4v) is 4.66. The van der Waals surface area contributed by atoms with Crippen molar-refractivity contribution in [3.8, 4) is 0 Å². The van der Waals surface area contributed by atoms with Gasteiger partial charge in [0.05, 0.1) is 29.0 Å². The molecule has 0 radical (unpaired) electrons. The Balaban J connectivity index is 1.99. The molecule has 0 N–H and O–H groups in total. The highest BCUT2D eigenvalue weighted by molar-refractivity contribution is 9.10. The average Bonchev–Trinajstić information content (AvgIpc) is 3.02. The Morgan fingerprint density at radius 3 is 2.52 bits per heavy atom. The van der Waals surface area contributed by atoms with Gasteiger partial charge in [0.2, 0.25) is 0 Å². The number of carbonyl (C=O) groups excluding carboxylic acids is 1. The van der Waals surface area contributed by atoms with Gasteiger partial charge < -0.3 is 4.74 Å². The van der Waals surface area contributed by atoms with Gasteiger partial charge >= 0.3 is 5.97 Å². The zero-order valence-electron chi connectivity index (χ0n) is 15.8. The summed E-state index contributed by atoms with van der Waals surface area (Å²) in [5, 5.41) is 0. The van der Waals surface area contributed by atoms with Gasteiger partial charge in [0, 0.05) is 4.47 Å². The summed E-state index contributed by atoms with van der Waals surface area (Å²) in [6.45, 7) is 1.77. The predicted molar refractivity (Wildman–Crippen MR) is 116 cm³/mol. The van der Waals surface area contributed by atoms with E-state index in [1.165, 1.54) is 18.4 Å². The molecular formula is C22H17BrN2O3S.